The van der Waals surface area contributed by atoms with Gasteiger partial charge in [-0.05, 0) is 49.8 Å². The zero-order chi connectivity index (χ0) is 21.8. The number of hydrogen-bond donors (Lipinski definition) is 2. The van der Waals surface area contributed by atoms with Crippen molar-refractivity contribution in [2.24, 2.45) is 5.92 Å². The fourth-order valence-corrected chi connectivity index (χ4v) is 4.46. The number of nitrogens with one attached hydrogen (secondary N) is 1. The molecule has 3 heterocycles. The smallest absolute Gasteiger partial charge is 0.270 e. The second kappa shape index (κ2) is 9.85. The summed E-state index contributed by atoms with van der Waals surface area (Å²) < 4.78 is 0. The molecule has 1 atom stereocenters. The second-order valence-electron chi connectivity index (χ2n) is 9.13. The molecular weight excluding hydrogens is 390 g/mol. The monoisotopic (exact) mass is 423 g/mol. The summed E-state index contributed by atoms with van der Waals surface area (Å²) in [6, 6.07) is 10.8. The number of β-amino-alcohol motifs (C(OH)–C–C–N with tert-alkyl or cyclic N) is 1. The van der Waals surface area contributed by atoms with Crippen LogP contribution in [0.4, 0.5) is 0 Å². The largest absolute Gasteiger partial charge is 0.390 e. The normalized spacial score (nSPS) is 18.5. The van der Waals surface area contributed by atoms with Crippen LogP contribution in [0.5, 0.6) is 0 Å². The maximum Gasteiger partial charge on any atom is 0.270 e. The first-order valence-corrected chi connectivity index (χ1v) is 11.3. The van der Waals surface area contributed by atoms with Crippen molar-refractivity contribution in [1.29, 1.82) is 0 Å². The molecule has 0 unspecified atom stereocenters. The van der Waals surface area contributed by atoms with Gasteiger partial charge in [0.2, 0.25) is 0 Å². The number of benzene rings is 1. The number of nitrogens with zero attached hydrogens (tertiary/aromatic N) is 4. The highest BCUT2D eigenvalue weighted by Crippen LogP contribution is 2.22. The van der Waals surface area contributed by atoms with E-state index in [1.165, 1.54) is 17.5 Å². The fourth-order valence-electron chi connectivity index (χ4n) is 4.46. The minimum absolute atomic E-state index is 0.211. The average Bonchev–Trinajstić information content (AvgIpc) is 2.74. The van der Waals surface area contributed by atoms with Crippen molar-refractivity contribution < 1.29 is 9.90 Å². The topological polar surface area (TPSA) is 81.6 Å². The highest BCUT2D eigenvalue weighted by molar-refractivity contribution is 5.92. The lowest BCUT2D eigenvalue weighted by Gasteiger charge is -2.42. The summed E-state index contributed by atoms with van der Waals surface area (Å²) in [5.74, 6) is 0.328. The Bertz CT molecular complexity index is 897. The van der Waals surface area contributed by atoms with Crippen molar-refractivity contribution in [2.45, 2.75) is 45.4 Å². The molecule has 1 aromatic carbocycles. The van der Waals surface area contributed by atoms with Gasteiger partial charge in [0.05, 0.1) is 6.10 Å². The van der Waals surface area contributed by atoms with Gasteiger partial charge in [-0.15, -0.1) is 0 Å². The maximum absolute atomic E-state index is 12.5. The van der Waals surface area contributed by atoms with Crippen molar-refractivity contribution in [3.63, 3.8) is 0 Å². The third-order valence-corrected chi connectivity index (χ3v) is 6.35. The van der Waals surface area contributed by atoms with Crippen LogP contribution in [0, 0.1) is 5.92 Å². The Hall–Kier alpha value is -2.35. The molecule has 0 saturated carbocycles. The SMILES string of the molecule is CC(C)N1CC(Cc2cc(C(=O)NC[C@H](O)CN3CCc4ccccc4C3)ncn2)C1. The van der Waals surface area contributed by atoms with Crippen LogP contribution < -0.4 is 5.32 Å². The van der Waals surface area contributed by atoms with E-state index in [-0.39, 0.29) is 12.5 Å². The summed E-state index contributed by atoms with van der Waals surface area (Å²) in [4.78, 5) is 25.7. The molecule has 1 saturated heterocycles. The summed E-state index contributed by atoms with van der Waals surface area (Å²) in [5, 5.41) is 13.3. The van der Waals surface area contributed by atoms with Gasteiger partial charge in [0.1, 0.15) is 12.0 Å². The number of rotatable bonds is 8. The predicted molar refractivity (Wildman–Crippen MR) is 120 cm³/mol. The minimum Gasteiger partial charge on any atom is -0.390 e. The molecule has 0 radical (unpaired) electrons. The molecule has 1 aromatic heterocycles. The van der Waals surface area contributed by atoms with Crippen LogP contribution in [-0.4, -0.2) is 75.7 Å². The lowest BCUT2D eigenvalue weighted by Crippen LogP contribution is -2.50. The summed E-state index contributed by atoms with van der Waals surface area (Å²) in [7, 11) is 0. The van der Waals surface area contributed by atoms with Gasteiger partial charge < -0.3 is 15.3 Å². The quantitative estimate of drug-likeness (QED) is 0.670. The molecule has 166 valence electrons. The first-order chi connectivity index (χ1) is 15.0. The van der Waals surface area contributed by atoms with Gasteiger partial charge in [-0.2, -0.15) is 0 Å². The standard InChI is InChI=1S/C24H33N5O2/c1-17(2)29-12-18(13-29)9-21-10-23(27-16-26-21)24(31)25-11-22(30)15-28-8-7-19-5-3-4-6-20(19)14-28/h3-6,10,16-18,22,30H,7-9,11-15H2,1-2H3,(H,25,31)/t22-/m0/s1. The van der Waals surface area contributed by atoms with Gasteiger partial charge in [0.15, 0.2) is 0 Å². The highest BCUT2D eigenvalue weighted by Gasteiger charge is 2.29. The maximum atomic E-state index is 12.5. The number of hydrogen-bond acceptors (Lipinski definition) is 6. The summed E-state index contributed by atoms with van der Waals surface area (Å²) in [6.45, 7) is 9.09. The van der Waals surface area contributed by atoms with E-state index in [0.717, 1.165) is 44.7 Å². The zero-order valence-electron chi connectivity index (χ0n) is 18.5. The summed E-state index contributed by atoms with van der Waals surface area (Å²) in [5.41, 5.74) is 3.98. The van der Waals surface area contributed by atoms with E-state index < -0.39 is 6.10 Å². The lowest BCUT2D eigenvalue weighted by molar-refractivity contribution is 0.0675. The summed E-state index contributed by atoms with van der Waals surface area (Å²) in [6.07, 6.45) is 2.71. The van der Waals surface area contributed by atoms with Crippen LogP contribution in [0.2, 0.25) is 0 Å². The number of amides is 1. The molecular formula is C24H33N5O2. The Balaban J connectivity index is 1.22. The second-order valence-corrected chi connectivity index (χ2v) is 9.13. The van der Waals surface area contributed by atoms with Crippen LogP contribution in [0.25, 0.3) is 0 Å². The number of carbonyl (C=O) groups is 1. The van der Waals surface area contributed by atoms with E-state index >= 15 is 0 Å². The predicted octanol–water partition coefficient (Wildman–Crippen LogP) is 1.51. The first kappa shape index (κ1) is 21.9. The molecule has 31 heavy (non-hydrogen) atoms. The first-order valence-electron chi connectivity index (χ1n) is 11.3. The van der Waals surface area contributed by atoms with Crippen LogP contribution in [0.3, 0.4) is 0 Å². The molecule has 2 N–H and O–H groups in total. The molecule has 2 aliphatic heterocycles. The van der Waals surface area contributed by atoms with Crippen LogP contribution in [-0.2, 0) is 19.4 Å². The number of carbonyl (C=O) groups excluding carboxylic acids is 1. The summed E-state index contributed by atoms with van der Waals surface area (Å²) >= 11 is 0. The molecule has 2 aliphatic rings. The van der Waals surface area contributed by atoms with Crippen molar-refractivity contribution in [3.8, 4) is 0 Å². The molecule has 0 bridgehead atoms. The van der Waals surface area contributed by atoms with Crippen LogP contribution >= 0.6 is 0 Å². The Labute approximate surface area is 184 Å². The average molecular weight is 424 g/mol. The number of aromatic nitrogens is 2. The third-order valence-electron chi connectivity index (χ3n) is 6.35. The Morgan fingerprint density at radius 3 is 2.77 bits per heavy atom. The van der Waals surface area contributed by atoms with Crippen LogP contribution in [0.1, 0.15) is 41.2 Å². The van der Waals surface area contributed by atoms with Crippen molar-refractivity contribution in [3.05, 3.63) is 59.2 Å². The van der Waals surface area contributed by atoms with Gasteiger partial charge in [-0.3, -0.25) is 9.69 Å². The zero-order valence-corrected chi connectivity index (χ0v) is 18.5. The van der Waals surface area contributed by atoms with Crippen molar-refractivity contribution in [2.75, 3.05) is 32.7 Å². The molecule has 2 aromatic rings. The Morgan fingerprint density at radius 1 is 1.23 bits per heavy atom. The van der Waals surface area contributed by atoms with E-state index in [2.05, 4.69) is 63.2 Å². The van der Waals surface area contributed by atoms with Crippen molar-refractivity contribution in [1.82, 2.24) is 25.1 Å². The number of fused-ring (bicyclic) bond motifs is 1. The Kier molecular flexibility index (Phi) is 6.95. The van der Waals surface area contributed by atoms with Crippen molar-refractivity contribution >= 4 is 5.91 Å². The van der Waals surface area contributed by atoms with Gasteiger partial charge in [0.25, 0.3) is 5.91 Å². The third kappa shape index (κ3) is 5.67. The number of aliphatic hydroxyl groups excluding tert-OH is 1. The molecule has 1 fully saturated rings. The van der Waals surface area contributed by atoms with Crippen LogP contribution in [0.15, 0.2) is 36.7 Å². The minimum atomic E-state index is -0.618. The van der Waals surface area contributed by atoms with E-state index in [9.17, 15) is 9.90 Å². The van der Waals surface area contributed by atoms with Gasteiger partial charge in [0, 0.05) is 51.0 Å². The molecule has 1 amide bonds. The lowest BCUT2D eigenvalue weighted by atomic mass is 9.93. The number of likely N-dealkylation sites (tertiary alicyclic amines) is 1. The van der Waals surface area contributed by atoms with Gasteiger partial charge in [-0.1, -0.05) is 24.3 Å². The molecule has 7 heteroatoms. The highest BCUT2D eigenvalue weighted by atomic mass is 16.3. The Morgan fingerprint density at radius 2 is 2.00 bits per heavy atom. The number of aliphatic hydroxyl groups is 1. The molecule has 0 aliphatic carbocycles. The van der Waals surface area contributed by atoms with E-state index in [1.807, 2.05) is 0 Å². The van der Waals surface area contributed by atoms with Gasteiger partial charge >= 0.3 is 0 Å². The van der Waals surface area contributed by atoms with Gasteiger partial charge in [-0.25, -0.2) is 9.97 Å². The van der Waals surface area contributed by atoms with E-state index in [4.69, 9.17) is 0 Å². The molecule has 0 spiro atoms. The molecule has 4 rings (SSSR count). The molecule has 7 nitrogen and oxygen atoms in total. The van der Waals surface area contributed by atoms with E-state index in [1.54, 1.807) is 6.07 Å². The van der Waals surface area contributed by atoms with E-state index in [0.29, 0.717) is 24.2 Å². The fraction of sp³-hybridized carbons (Fsp3) is 0.542.